The summed E-state index contributed by atoms with van der Waals surface area (Å²) in [5.74, 6) is 0. The van der Waals surface area contributed by atoms with Gasteiger partial charge in [-0.2, -0.15) is 0 Å². The van der Waals surface area contributed by atoms with E-state index < -0.39 is 0 Å². The van der Waals surface area contributed by atoms with Crippen molar-refractivity contribution in [1.82, 2.24) is 4.90 Å². The van der Waals surface area contributed by atoms with Crippen molar-refractivity contribution >= 4 is 5.69 Å². The molecule has 0 spiro atoms. The lowest BCUT2D eigenvalue weighted by molar-refractivity contribution is 0.0586. The lowest BCUT2D eigenvalue weighted by atomic mass is 9.88. The molecular formula is C16H27N3. The molecule has 3 nitrogen and oxygen atoms in total. The van der Waals surface area contributed by atoms with Crippen LogP contribution < -0.4 is 10.6 Å². The largest absolute Gasteiger partial charge is 0.378 e. The predicted octanol–water partition coefficient (Wildman–Crippen LogP) is 2.45. The Hall–Kier alpha value is -1.06. The third-order valence-corrected chi connectivity index (χ3v) is 4.26. The molecule has 0 amide bonds. The number of anilines is 1. The van der Waals surface area contributed by atoms with E-state index in [1.807, 2.05) is 0 Å². The van der Waals surface area contributed by atoms with Crippen molar-refractivity contribution in [2.24, 2.45) is 5.73 Å². The third kappa shape index (κ3) is 3.48. The van der Waals surface area contributed by atoms with Crippen LogP contribution in [-0.4, -0.2) is 37.1 Å². The number of piperidine rings is 1. The van der Waals surface area contributed by atoms with E-state index in [-0.39, 0.29) is 5.54 Å². The van der Waals surface area contributed by atoms with Gasteiger partial charge in [0.1, 0.15) is 0 Å². The van der Waals surface area contributed by atoms with Crippen LogP contribution in [0, 0.1) is 0 Å². The van der Waals surface area contributed by atoms with E-state index in [2.05, 4.69) is 62.0 Å². The van der Waals surface area contributed by atoms with Gasteiger partial charge in [-0.1, -0.05) is 12.1 Å². The van der Waals surface area contributed by atoms with E-state index in [0.29, 0.717) is 6.04 Å². The molecule has 0 bridgehead atoms. The van der Waals surface area contributed by atoms with Gasteiger partial charge in [-0.15, -0.1) is 0 Å². The Balaban J connectivity index is 2.06. The smallest absolute Gasteiger partial charge is 0.0361 e. The zero-order valence-corrected chi connectivity index (χ0v) is 12.7. The van der Waals surface area contributed by atoms with Crippen LogP contribution in [0.3, 0.4) is 0 Å². The van der Waals surface area contributed by atoms with Gasteiger partial charge in [-0.05, 0) is 44.4 Å². The summed E-state index contributed by atoms with van der Waals surface area (Å²) in [5, 5.41) is 0. The standard InChI is InChI=1S/C16H27N3/c1-16(2)10-9-14(17)12-19(16)11-13-5-7-15(8-6-13)18(3)4/h5-8,14H,9-12,17H2,1-4H3. The fourth-order valence-electron chi connectivity index (χ4n) is 2.72. The molecule has 1 aliphatic rings. The van der Waals surface area contributed by atoms with Gasteiger partial charge >= 0.3 is 0 Å². The molecule has 106 valence electrons. The highest BCUT2D eigenvalue weighted by atomic mass is 15.2. The summed E-state index contributed by atoms with van der Waals surface area (Å²) in [5.41, 5.74) is 8.99. The van der Waals surface area contributed by atoms with Gasteiger partial charge in [0.05, 0.1) is 0 Å². The average molecular weight is 261 g/mol. The molecule has 3 heteroatoms. The van der Waals surface area contributed by atoms with Gasteiger partial charge in [-0.25, -0.2) is 0 Å². The lowest BCUT2D eigenvalue weighted by Crippen LogP contribution is -2.53. The first kappa shape index (κ1) is 14.4. The van der Waals surface area contributed by atoms with Crippen molar-refractivity contribution in [2.75, 3.05) is 25.5 Å². The second kappa shape index (κ2) is 5.51. The number of benzene rings is 1. The summed E-state index contributed by atoms with van der Waals surface area (Å²) < 4.78 is 0. The van der Waals surface area contributed by atoms with Gasteiger partial charge in [0.2, 0.25) is 0 Å². The SMILES string of the molecule is CN(C)c1ccc(CN2CC(N)CCC2(C)C)cc1. The maximum absolute atomic E-state index is 6.12. The van der Waals surface area contributed by atoms with Crippen molar-refractivity contribution < 1.29 is 0 Å². The first-order chi connectivity index (χ1) is 8.88. The molecule has 2 rings (SSSR count). The van der Waals surface area contributed by atoms with Gasteiger partial charge in [0, 0.05) is 44.5 Å². The number of rotatable bonds is 3. The molecule has 1 saturated heterocycles. The summed E-state index contributed by atoms with van der Waals surface area (Å²) in [6.07, 6.45) is 2.33. The van der Waals surface area contributed by atoms with Crippen LogP contribution in [-0.2, 0) is 6.54 Å². The van der Waals surface area contributed by atoms with E-state index in [0.717, 1.165) is 19.5 Å². The summed E-state index contributed by atoms with van der Waals surface area (Å²) in [7, 11) is 4.14. The minimum absolute atomic E-state index is 0.260. The Morgan fingerprint density at radius 3 is 2.47 bits per heavy atom. The summed E-state index contributed by atoms with van der Waals surface area (Å²) in [4.78, 5) is 4.65. The molecule has 0 aromatic heterocycles. The molecule has 2 N–H and O–H groups in total. The van der Waals surface area contributed by atoms with E-state index in [9.17, 15) is 0 Å². The van der Waals surface area contributed by atoms with Crippen LogP contribution >= 0.6 is 0 Å². The molecule has 0 saturated carbocycles. The highest BCUT2D eigenvalue weighted by Crippen LogP contribution is 2.28. The fraction of sp³-hybridized carbons (Fsp3) is 0.625. The maximum atomic E-state index is 6.12. The molecule has 0 aliphatic carbocycles. The second-order valence-electron chi connectivity index (χ2n) is 6.55. The number of nitrogens with two attached hydrogens (primary N) is 1. The van der Waals surface area contributed by atoms with E-state index >= 15 is 0 Å². The van der Waals surface area contributed by atoms with E-state index in [1.165, 1.54) is 17.7 Å². The first-order valence-electron chi connectivity index (χ1n) is 7.15. The minimum Gasteiger partial charge on any atom is -0.378 e. The molecule has 19 heavy (non-hydrogen) atoms. The number of hydrogen-bond acceptors (Lipinski definition) is 3. The Morgan fingerprint density at radius 2 is 1.89 bits per heavy atom. The van der Waals surface area contributed by atoms with Crippen LogP contribution in [0.25, 0.3) is 0 Å². The van der Waals surface area contributed by atoms with Crippen LogP contribution in [0.4, 0.5) is 5.69 Å². The van der Waals surface area contributed by atoms with Crippen LogP contribution in [0.1, 0.15) is 32.3 Å². The van der Waals surface area contributed by atoms with Gasteiger partial charge in [-0.3, -0.25) is 4.90 Å². The fourth-order valence-corrected chi connectivity index (χ4v) is 2.72. The summed E-state index contributed by atoms with van der Waals surface area (Å²) >= 11 is 0. The van der Waals surface area contributed by atoms with Crippen molar-refractivity contribution in [3.05, 3.63) is 29.8 Å². The Bertz CT molecular complexity index is 409. The second-order valence-corrected chi connectivity index (χ2v) is 6.55. The Labute approximate surface area is 117 Å². The molecule has 1 heterocycles. The molecular weight excluding hydrogens is 234 g/mol. The topological polar surface area (TPSA) is 32.5 Å². The maximum Gasteiger partial charge on any atom is 0.0361 e. The van der Waals surface area contributed by atoms with Crippen LogP contribution in [0.5, 0.6) is 0 Å². The zero-order chi connectivity index (χ0) is 14.0. The molecule has 1 atom stereocenters. The molecule has 1 unspecified atom stereocenters. The first-order valence-corrected chi connectivity index (χ1v) is 7.15. The normalized spacial score (nSPS) is 23.3. The Morgan fingerprint density at radius 1 is 1.26 bits per heavy atom. The van der Waals surface area contributed by atoms with Crippen LogP contribution in [0.2, 0.25) is 0 Å². The molecule has 1 aromatic carbocycles. The zero-order valence-electron chi connectivity index (χ0n) is 12.7. The number of nitrogens with zero attached hydrogens (tertiary/aromatic N) is 2. The predicted molar refractivity (Wildman–Crippen MR) is 82.5 cm³/mol. The number of hydrogen-bond donors (Lipinski definition) is 1. The number of likely N-dealkylation sites (tertiary alicyclic amines) is 1. The monoisotopic (exact) mass is 261 g/mol. The van der Waals surface area contributed by atoms with Crippen molar-refractivity contribution in [3.63, 3.8) is 0 Å². The van der Waals surface area contributed by atoms with Crippen molar-refractivity contribution in [2.45, 2.75) is 44.8 Å². The highest BCUT2D eigenvalue weighted by molar-refractivity contribution is 5.46. The van der Waals surface area contributed by atoms with E-state index in [1.54, 1.807) is 0 Å². The van der Waals surface area contributed by atoms with Gasteiger partial charge in [0.15, 0.2) is 0 Å². The van der Waals surface area contributed by atoms with Gasteiger partial charge < -0.3 is 10.6 Å². The van der Waals surface area contributed by atoms with Crippen molar-refractivity contribution in [1.29, 1.82) is 0 Å². The average Bonchev–Trinajstić information content (AvgIpc) is 2.35. The molecule has 1 fully saturated rings. The molecule has 1 aromatic rings. The molecule has 1 aliphatic heterocycles. The molecule has 0 radical (unpaired) electrons. The lowest BCUT2D eigenvalue weighted by Gasteiger charge is -2.44. The minimum atomic E-state index is 0.260. The summed E-state index contributed by atoms with van der Waals surface area (Å²) in [6, 6.07) is 9.16. The Kier molecular flexibility index (Phi) is 4.16. The quantitative estimate of drug-likeness (QED) is 0.907. The summed E-state index contributed by atoms with van der Waals surface area (Å²) in [6.45, 7) is 6.65. The highest BCUT2D eigenvalue weighted by Gasteiger charge is 2.32. The van der Waals surface area contributed by atoms with Crippen molar-refractivity contribution in [3.8, 4) is 0 Å². The van der Waals surface area contributed by atoms with E-state index in [4.69, 9.17) is 5.73 Å². The third-order valence-electron chi connectivity index (χ3n) is 4.26. The van der Waals surface area contributed by atoms with Gasteiger partial charge in [0.25, 0.3) is 0 Å². The van der Waals surface area contributed by atoms with Crippen LogP contribution in [0.15, 0.2) is 24.3 Å².